The Morgan fingerprint density at radius 1 is 1.04 bits per heavy atom. The van der Waals surface area contributed by atoms with E-state index in [0.29, 0.717) is 24.8 Å². The van der Waals surface area contributed by atoms with Gasteiger partial charge in [0.15, 0.2) is 0 Å². The summed E-state index contributed by atoms with van der Waals surface area (Å²) in [7, 11) is 0. The molecule has 0 amide bonds. The lowest BCUT2D eigenvalue weighted by Crippen LogP contribution is -2.38. The van der Waals surface area contributed by atoms with Crippen molar-refractivity contribution < 1.29 is 15.3 Å². The molecule has 5 heteroatoms. The van der Waals surface area contributed by atoms with E-state index in [1.165, 1.54) is 0 Å². The van der Waals surface area contributed by atoms with Gasteiger partial charge >= 0.3 is 0 Å². The van der Waals surface area contributed by atoms with Crippen molar-refractivity contribution in [3.05, 3.63) is 53.3 Å². The third kappa shape index (κ3) is 4.71. The van der Waals surface area contributed by atoms with E-state index >= 15 is 0 Å². The standard InChI is InChI=1S/C20H26N2O3/c1-14-5-10-20(25)19(21-14)13-22(16-6-8-17(23)9-7-16)12-15-3-2-4-18(24)11-15/h2-5,10-11,16-17,23-25H,6-9,12-13H2,1H3. The number of pyridine rings is 1. The molecule has 25 heavy (non-hydrogen) atoms. The van der Waals surface area contributed by atoms with E-state index in [9.17, 15) is 15.3 Å². The third-order valence-corrected chi connectivity index (χ3v) is 4.92. The van der Waals surface area contributed by atoms with Gasteiger partial charge in [0.05, 0.1) is 11.8 Å². The topological polar surface area (TPSA) is 76.8 Å². The van der Waals surface area contributed by atoms with Gasteiger partial charge in [-0.15, -0.1) is 0 Å². The molecule has 0 aliphatic heterocycles. The first-order valence-corrected chi connectivity index (χ1v) is 8.87. The normalized spacial score (nSPS) is 20.8. The van der Waals surface area contributed by atoms with Crippen LogP contribution in [0.2, 0.25) is 0 Å². The summed E-state index contributed by atoms with van der Waals surface area (Å²) in [4.78, 5) is 6.78. The Bertz CT molecular complexity index is 712. The molecule has 0 atom stereocenters. The largest absolute Gasteiger partial charge is 0.508 e. The maximum absolute atomic E-state index is 10.2. The summed E-state index contributed by atoms with van der Waals surface area (Å²) in [5.41, 5.74) is 2.58. The van der Waals surface area contributed by atoms with Crippen molar-refractivity contribution in [2.24, 2.45) is 0 Å². The quantitative estimate of drug-likeness (QED) is 0.778. The number of hydrogen-bond acceptors (Lipinski definition) is 5. The van der Waals surface area contributed by atoms with Crippen molar-refractivity contribution in [3.63, 3.8) is 0 Å². The highest BCUT2D eigenvalue weighted by atomic mass is 16.3. The van der Waals surface area contributed by atoms with Gasteiger partial charge in [-0.1, -0.05) is 12.1 Å². The minimum Gasteiger partial charge on any atom is -0.508 e. The number of hydrogen-bond donors (Lipinski definition) is 3. The molecule has 3 N–H and O–H groups in total. The molecule has 1 aromatic carbocycles. The average Bonchev–Trinajstić information content (AvgIpc) is 2.58. The zero-order valence-electron chi connectivity index (χ0n) is 14.6. The van der Waals surface area contributed by atoms with Gasteiger partial charge in [-0.3, -0.25) is 9.88 Å². The summed E-state index contributed by atoms with van der Waals surface area (Å²) in [5, 5.41) is 29.7. The first kappa shape index (κ1) is 17.7. The predicted molar refractivity (Wildman–Crippen MR) is 96.3 cm³/mol. The highest BCUT2D eigenvalue weighted by molar-refractivity contribution is 5.29. The van der Waals surface area contributed by atoms with Crippen LogP contribution in [0.15, 0.2) is 36.4 Å². The van der Waals surface area contributed by atoms with Gasteiger partial charge in [0.2, 0.25) is 0 Å². The van der Waals surface area contributed by atoms with Crippen molar-refractivity contribution in [2.75, 3.05) is 0 Å². The molecule has 0 spiro atoms. The van der Waals surface area contributed by atoms with Crippen LogP contribution in [0.3, 0.4) is 0 Å². The van der Waals surface area contributed by atoms with Gasteiger partial charge in [0, 0.05) is 24.8 Å². The van der Waals surface area contributed by atoms with Crippen LogP contribution >= 0.6 is 0 Å². The first-order chi connectivity index (χ1) is 12.0. The Hall–Kier alpha value is -2.11. The molecule has 1 fully saturated rings. The number of rotatable bonds is 5. The molecule has 1 heterocycles. The number of phenols is 1. The molecule has 0 bridgehead atoms. The molecule has 1 aromatic heterocycles. The van der Waals surface area contributed by atoms with Gasteiger partial charge in [-0.25, -0.2) is 0 Å². The Morgan fingerprint density at radius 2 is 1.80 bits per heavy atom. The van der Waals surface area contributed by atoms with Crippen LogP contribution < -0.4 is 0 Å². The molecule has 1 aliphatic rings. The fourth-order valence-corrected chi connectivity index (χ4v) is 3.54. The summed E-state index contributed by atoms with van der Waals surface area (Å²) in [6.45, 7) is 3.13. The summed E-state index contributed by atoms with van der Waals surface area (Å²) in [6.07, 6.45) is 3.24. The number of phenolic OH excluding ortho intramolecular Hbond substituents is 1. The lowest BCUT2D eigenvalue weighted by atomic mass is 9.91. The van der Waals surface area contributed by atoms with Crippen molar-refractivity contribution in [2.45, 2.75) is 57.8 Å². The zero-order chi connectivity index (χ0) is 17.8. The molecule has 0 radical (unpaired) electrons. The number of nitrogens with zero attached hydrogens (tertiary/aromatic N) is 2. The molecule has 2 aromatic rings. The second-order valence-corrected chi connectivity index (χ2v) is 6.96. The molecular formula is C20H26N2O3. The monoisotopic (exact) mass is 342 g/mol. The summed E-state index contributed by atoms with van der Waals surface area (Å²) in [6, 6.07) is 11.1. The van der Waals surface area contributed by atoms with E-state index in [1.54, 1.807) is 24.3 Å². The van der Waals surface area contributed by atoms with E-state index in [1.807, 2.05) is 19.1 Å². The number of aromatic hydroxyl groups is 2. The first-order valence-electron chi connectivity index (χ1n) is 8.87. The van der Waals surface area contributed by atoms with Crippen LogP contribution in [0.4, 0.5) is 0 Å². The maximum Gasteiger partial charge on any atom is 0.138 e. The SMILES string of the molecule is Cc1ccc(O)c(CN(Cc2cccc(O)c2)C2CCC(O)CC2)n1. The van der Waals surface area contributed by atoms with Crippen LogP contribution in [0.1, 0.15) is 42.6 Å². The van der Waals surface area contributed by atoms with Crippen molar-refractivity contribution >= 4 is 0 Å². The fraction of sp³-hybridized carbons (Fsp3) is 0.450. The second-order valence-electron chi connectivity index (χ2n) is 6.96. The Morgan fingerprint density at radius 3 is 2.52 bits per heavy atom. The van der Waals surface area contributed by atoms with Crippen LogP contribution in [-0.2, 0) is 13.1 Å². The summed E-state index contributed by atoms with van der Waals surface area (Å²) < 4.78 is 0. The maximum atomic E-state index is 10.2. The van der Waals surface area contributed by atoms with Crippen LogP contribution in [0.5, 0.6) is 11.5 Å². The number of aliphatic hydroxyl groups is 1. The van der Waals surface area contributed by atoms with E-state index in [4.69, 9.17) is 0 Å². The molecular weight excluding hydrogens is 316 g/mol. The summed E-state index contributed by atoms with van der Waals surface area (Å²) in [5.74, 6) is 0.468. The van der Waals surface area contributed by atoms with Crippen molar-refractivity contribution in [1.82, 2.24) is 9.88 Å². The summed E-state index contributed by atoms with van der Waals surface area (Å²) >= 11 is 0. The number of benzene rings is 1. The molecule has 1 aliphatic carbocycles. The minimum absolute atomic E-state index is 0.204. The smallest absolute Gasteiger partial charge is 0.138 e. The lowest BCUT2D eigenvalue weighted by molar-refractivity contribution is 0.0655. The van der Waals surface area contributed by atoms with Crippen molar-refractivity contribution in [3.8, 4) is 11.5 Å². The van der Waals surface area contributed by atoms with E-state index in [2.05, 4.69) is 9.88 Å². The van der Waals surface area contributed by atoms with E-state index in [0.717, 1.165) is 36.9 Å². The molecule has 1 saturated carbocycles. The Balaban J connectivity index is 1.81. The van der Waals surface area contributed by atoms with Crippen molar-refractivity contribution in [1.29, 1.82) is 0 Å². The molecule has 3 rings (SSSR count). The van der Waals surface area contributed by atoms with Crippen LogP contribution in [0, 0.1) is 6.92 Å². The Labute approximate surface area is 148 Å². The Kier molecular flexibility index (Phi) is 5.56. The van der Waals surface area contributed by atoms with Gasteiger partial charge in [-0.2, -0.15) is 0 Å². The third-order valence-electron chi connectivity index (χ3n) is 4.92. The van der Waals surface area contributed by atoms with Gasteiger partial charge in [0.25, 0.3) is 0 Å². The average molecular weight is 342 g/mol. The molecule has 0 saturated heterocycles. The van der Waals surface area contributed by atoms with Gasteiger partial charge in [-0.05, 0) is 62.4 Å². The second kappa shape index (κ2) is 7.85. The fourth-order valence-electron chi connectivity index (χ4n) is 3.54. The number of aliphatic hydroxyl groups excluding tert-OH is 1. The zero-order valence-corrected chi connectivity index (χ0v) is 14.6. The van der Waals surface area contributed by atoms with Crippen LogP contribution in [0.25, 0.3) is 0 Å². The number of aryl methyl sites for hydroxylation is 1. The van der Waals surface area contributed by atoms with E-state index in [-0.39, 0.29) is 17.6 Å². The molecule has 5 nitrogen and oxygen atoms in total. The van der Waals surface area contributed by atoms with Gasteiger partial charge in [0.1, 0.15) is 11.5 Å². The predicted octanol–water partition coefficient (Wildman–Crippen LogP) is 3.11. The van der Waals surface area contributed by atoms with E-state index < -0.39 is 0 Å². The highest BCUT2D eigenvalue weighted by Crippen LogP contribution is 2.28. The van der Waals surface area contributed by atoms with Crippen LogP contribution in [-0.4, -0.2) is 37.3 Å². The number of aromatic nitrogens is 1. The lowest BCUT2D eigenvalue weighted by Gasteiger charge is -2.35. The minimum atomic E-state index is -0.204. The molecule has 134 valence electrons. The van der Waals surface area contributed by atoms with Gasteiger partial charge < -0.3 is 15.3 Å². The highest BCUT2D eigenvalue weighted by Gasteiger charge is 2.26. The molecule has 0 unspecified atom stereocenters.